The van der Waals surface area contributed by atoms with Gasteiger partial charge in [-0.2, -0.15) is 9.67 Å². The minimum atomic E-state index is -0.250. The molecule has 2 heterocycles. The lowest BCUT2D eigenvalue weighted by Crippen LogP contribution is -2.10. The van der Waals surface area contributed by atoms with Crippen molar-refractivity contribution < 1.29 is 19.4 Å². The molecule has 0 bridgehead atoms. The third-order valence-electron chi connectivity index (χ3n) is 3.75. The average Bonchev–Trinajstić information content (AvgIpc) is 3.17. The third-order valence-corrected chi connectivity index (χ3v) is 3.75. The first kappa shape index (κ1) is 22.0. The van der Waals surface area contributed by atoms with Crippen LogP contribution in [0, 0.1) is 0 Å². The second-order valence-electron chi connectivity index (χ2n) is 5.74. The number of benzene rings is 1. The highest BCUT2D eigenvalue weighted by Crippen LogP contribution is 2.18. The summed E-state index contributed by atoms with van der Waals surface area (Å²) in [7, 11) is 1.63. The number of hydrogen-bond donors (Lipinski definition) is 3. The van der Waals surface area contributed by atoms with Crippen LogP contribution < -0.4 is 15.8 Å². The van der Waals surface area contributed by atoms with E-state index in [4.69, 9.17) is 25.1 Å². The monoisotopic (exact) mass is 403 g/mol. The van der Waals surface area contributed by atoms with Gasteiger partial charge in [-0.1, -0.05) is 5.21 Å². The van der Waals surface area contributed by atoms with E-state index in [1.165, 1.54) is 0 Å². The van der Waals surface area contributed by atoms with Crippen molar-refractivity contribution in [3.63, 3.8) is 0 Å². The van der Waals surface area contributed by atoms with Gasteiger partial charge >= 0.3 is 0 Å². The number of carboxylic acid groups (broad SMARTS) is 1. The number of anilines is 1. The van der Waals surface area contributed by atoms with E-state index in [1.54, 1.807) is 18.0 Å². The highest BCUT2D eigenvalue weighted by Gasteiger charge is 2.10. The molecule has 29 heavy (non-hydrogen) atoms. The van der Waals surface area contributed by atoms with Crippen molar-refractivity contribution >= 4 is 23.6 Å². The van der Waals surface area contributed by atoms with E-state index in [0.29, 0.717) is 36.9 Å². The molecule has 3 aromatic rings. The van der Waals surface area contributed by atoms with Crippen LogP contribution in [0.4, 0.5) is 5.95 Å². The number of nitrogens with zero attached hydrogens (tertiary/aromatic N) is 5. The van der Waals surface area contributed by atoms with Crippen molar-refractivity contribution in [3.05, 3.63) is 30.5 Å². The minimum Gasteiger partial charge on any atom is -0.497 e. The highest BCUT2D eigenvalue weighted by atomic mass is 16.5. The van der Waals surface area contributed by atoms with Crippen molar-refractivity contribution in [2.24, 2.45) is 5.73 Å². The second kappa shape index (κ2) is 12.2. The predicted molar refractivity (Wildman–Crippen MR) is 107 cm³/mol. The van der Waals surface area contributed by atoms with Gasteiger partial charge in [0.1, 0.15) is 5.75 Å². The Morgan fingerprint density at radius 1 is 1.24 bits per heavy atom. The Hall–Kier alpha value is -3.31. The van der Waals surface area contributed by atoms with E-state index >= 15 is 0 Å². The zero-order chi connectivity index (χ0) is 20.9. The zero-order valence-electron chi connectivity index (χ0n) is 16.2. The van der Waals surface area contributed by atoms with Crippen molar-refractivity contribution in [2.75, 3.05) is 38.7 Å². The molecule has 11 heteroatoms. The molecule has 0 aliphatic carbocycles. The predicted octanol–water partition coefficient (Wildman–Crippen LogP) is 1.09. The molecule has 4 N–H and O–H groups in total. The maximum Gasteiger partial charge on any atom is 0.290 e. The highest BCUT2D eigenvalue weighted by molar-refractivity contribution is 5.71. The van der Waals surface area contributed by atoms with Crippen molar-refractivity contribution in [1.29, 1.82) is 0 Å². The zero-order valence-corrected chi connectivity index (χ0v) is 16.2. The Kier molecular flexibility index (Phi) is 9.25. The van der Waals surface area contributed by atoms with E-state index in [2.05, 4.69) is 25.6 Å². The van der Waals surface area contributed by atoms with Gasteiger partial charge in [0.15, 0.2) is 11.2 Å². The molecule has 0 aliphatic rings. The number of aromatic nitrogens is 5. The summed E-state index contributed by atoms with van der Waals surface area (Å²) in [5.74, 6) is 1.32. The number of rotatable bonds is 10. The molecular weight excluding hydrogens is 378 g/mol. The van der Waals surface area contributed by atoms with Crippen LogP contribution in [0.2, 0.25) is 0 Å². The number of nitrogens with two attached hydrogens (primary N) is 1. The van der Waals surface area contributed by atoms with Crippen LogP contribution in [-0.4, -0.2) is 70.0 Å². The smallest absolute Gasteiger partial charge is 0.290 e. The average molecular weight is 403 g/mol. The number of methoxy groups -OCH3 is 1. The van der Waals surface area contributed by atoms with Gasteiger partial charge in [-0.3, -0.25) is 4.79 Å². The fourth-order valence-electron chi connectivity index (χ4n) is 2.37. The van der Waals surface area contributed by atoms with Crippen LogP contribution in [-0.2, 0) is 9.53 Å². The molecule has 2 aromatic heterocycles. The molecule has 156 valence electrons. The Balaban J connectivity index is 0.000000941. The van der Waals surface area contributed by atoms with Gasteiger partial charge in [0.05, 0.1) is 19.0 Å². The van der Waals surface area contributed by atoms with Gasteiger partial charge in [0.25, 0.3) is 6.47 Å². The summed E-state index contributed by atoms with van der Waals surface area (Å²) in [4.78, 5) is 17.2. The van der Waals surface area contributed by atoms with Gasteiger partial charge in [-0.25, -0.2) is 4.98 Å². The molecule has 0 unspecified atom stereocenters. The minimum absolute atomic E-state index is 0.250. The molecule has 0 aliphatic heterocycles. The van der Waals surface area contributed by atoms with E-state index in [9.17, 15) is 0 Å². The van der Waals surface area contributed by atoms with Gasteiger partial charge in [-0.15, -0.1) is 5.10 Å². The van der Waals surface area contributed by atoms with E-state index in [1.807, 2.05) is 24.3 Å². The van der Waals surface area contributed by atoms with Gasteiger partial charge in [-0.05, 0) is 43.7 Å². The molecule has 0 atom stereocenters. The number of ether oxygens (including phenoxy) is 2. The second-order valence-corrected chi connectivity index (χ2v) is 5.74. The fourth-order valence-corrected chi connectivity index (χ4v) is 2.37. The molecule has 0 saturated carbocycles. The fraction of sp³-hybridized carbons (Fsp3) is 0.389. The largest absolute Gasteiger partial charge is 0.497 e. The molecule has 11 nitrogen and oxygen atoms in total. The van der Waals surface area contributed by atoms with E-state index < -0.39 is 0 Å². The molecule has 1 aromatic carbocycles. The van der Waals surface area contributed by atoms with Crippen LogP contribution >= 0.6 is 0 Å². The number of fused-ring (bicyclic) bond motifs is 1. The Labute approximate surface area is 167 Å². The number of hydrogen-bond acceptors (Lipinski definition) is 9. The van der Waals surface area contributed by atoms with Gasteiger partial charge in [0, 0.05) is 19.8 Å². The molecule has 3 rings (SSSR count). The molecule has 0 fully saturated rings. The van der Waals surface area contributed by atoms with Crippen LogP contribution in [0.3, 0.4) is 0 Å². The lowest BCUT2D eigenvalue weighted by molar-refractivity contribution is -0.122. The van der Waals surface area contributed by atoms with Crippen molar-refractivity contribution in [2.45, 2.75) is 12.8 Å². The first-order valence-electron chi connectivity index (χ1n) is 9.06. The SMILES string of the molecule is COc1ccc(-n2nnc3cnc(NCCCOCCCN)nc32)cc1.O=CO. The summed E-state index contributed by atoms with van der Waals surface area (Å²) in [6.07, 6.45) is 3.41. The molecule has 0 amide bonds. The molecule has 0 radical (unpaired) electrons. The first-order chi connectivity index (χ1) is 14.2. The Bertz CT molecular complexity index is 870. The van der Waals surface area contributed by atoms with Crippen LogP contribution in [0.25, 0.3) is 16.9 Å². The van der Waals surface area contributed by atoms with Gasteiger partial charge in [0.2, 0.25) is 5.95 Å². The lowest BCUT2D eigenvalue weighted by atomic mass is 10.3. The third kappa shape index (κ3) is 6.66. The summed E-state index contributed by atoms with van der Waals surface area (Å²) in [5.41, 5.74) is 7.56. The quantitative estimate of drug-likeness (QED) is 0.331. The normalized spacial score (nSPS) is 10.3. The van der Waals surface area contributed by atoms with Crippen molar-refractivity contribution in [1.82, 2.24) is 25.0 Å². The summed E-state index contributed by atoms with van der Waals surface area (Å²) in [6, 6.07) is 7.55. The first-order valence-corrected chi connectivity index (χ1v) is 9.06. The molecule has 0 saturated heterocycles. The van der Waals surface area contributed by atoms with Crippen LogP contribution in [0.15, 0.2) is 30.5 Å². The maximum absolute atomic E-state index is 8.36. The molecule has 0 spiro atoms. The maximum atomic E-state index is 8.36. The standard InChI is InChI=1S/C17H23N7O2.CH2O2/c1-25-14-6-4-13(5-7-14)24-16-15(22-23-24)12-20-17(21-16)19-9-3-11-26-10-2-8-18;2-1-3/h4-7,12H,2-3,8-11,18H2,1H3,(H,19,20,21);1H,(H,2,3). The van der Waals surface area contributed by atoms with Gasteiger partial charge < -0.3 is 25.6 Å². The Morgan fingerprint density at radius 3 is 2.66 bits per heavy atom. The van der Waals surface area contributed by atoms with E-state index in [-0.39, 0.29) is 6.47 Å². The lowest BCUT2D eigenvalue weighted by Gasteiger charge is -2.06. The summed E-state index contributed by atoms with van der Waals surface area (Å²) in [5, 5.41) is 18.4. The molecular formula is C18H25N7O4. The summed E-state index contributed by atoms with van der Waals surface area (Å²) in [6.45, 7) is 2.51. The summed E-state index contributed by atoms with van der Waals surface area (Å²) >= 11 is 0. The number of carbonyl (C=O) groups is 1. The number of nitrogens with one attached hydrogen (secondary N) is 1. The topological polar surface area (TPSA) is 150 Å². The van der Waals surface area contributed by atoms with Crippen LogP contribution in [0.1, 0.15) is 12.8 Å². The summed E-state index contributed by atoms with van der Waals surface area (Å²) < 4.78 is 12.3. The van der Waals surface area contributed by atoms with Crippen molar-refractivity contribution in [3.8, 4) is 11.4 Å². The van der Waals surface area contributed by atoms with E-state index in [0.717, 1.165) is 30.8 Å². The Morgan fingerprint density at radius 2 is 1.97 bits per heavy atom. The van der Waals surface area contributed by atoms with Crippen LogP contribution in [0.5, 0.6) is 5.75 Å².